The first kappa shape index (κ1) is 22.8. The Morgan fingerprint density at radius 2 is 1.72 bits per heavy atom. The maximum atomic E-state index is 12.4. The van der Waals surface area contributed by atoms with E-state index in [2.05, 4.69) is 20.6 Å². The van der Waals surface area contributed by atoms with Crippen molar-refractivity contribution in [3.8, 4) is 16.3 Å². The van der Waals surface area contributed by atoms with Crippen LogP contribution in [0.1, 0.15) is 23.9 Å². The van der Waals surface area contributed by atoms with Crippen LogP contribution in [0.3, 0.4) is 0 Å². The molecule has 0 atom stereocenters. The van der Waals surface area contributed by atoms with Crippen molar-refractivity contribution in [1.29, 1.82) is 0 Å². The summed E-state index contributed by atoms with van der Waals surface area (Å²) in [6.45, 7) is 5.29. The van der Waals surface area contributed by atoms with Gasteiger partial charge in [-0.05, 0) is 49.2 Å². The highest BCUT2D eigenvalue weighted by Crippen LogP contribution is 2.42. The summed E-state index contributed by atoms with van der Waals surface area (Å²) < 4.78 is 7.35. The van der Waals surface area contributed by atoms with Gasteiger partial charge in [-0.1, -0.05) is 53.1 Å². The lowest BCUT2D eigenvalue weighted by Crippen LogP contribution is -2.20. The van der Waals surface area contributed by atoms with Crippen LogP contribution in [0.5, 0.6) is 5.75 Å². The summed E-state index contributed by atoms with van der Waals surface area (Å²) in [5.74, 6) is 0.715. The number of aromatic nitrogens is 4. The van der Waals surface area contributed by atoms with Crippen LogP contribution in [0.2, 0.25) is 15.1 Å². The summed E-state index contributed by atoms with van der Waals surface area (Å²) in [7, 11) is 0. The van der Waals surface area contributed by atoms with E-state index in [0.717, 1.165) is 27.8 Å². The minimum atomic E-state index is -0.346. The molecule has 0 fully saturated rings. The van der Waals surface area contributed by atoms with E-state index >= 15 is 0 Å². The fourth-order valence-corrected chi connectivity index (χ4v) is 4.75. The van der Waals surface area contributed by atoms with Gasteiger partial charge in [0.25, 0.3) is 5.91 Å². The third-order valence-electron chi connectivity index (χ3n) is 4.85. The molecular formula is C21H18Cl3N5O2S. The van der Waals surface area contributed by atoms with Crippen molar-refractivity contribution in [3.63, 3.8) is 0 Å². The van der Waals surface area contributed by atoms with E-state index in [-0.39, 0.29) is 18.3 Å². The van der Waals surface area contributed by atoms with E-state index in [4.69, 9.17) is 39.5 Å². The predicted octanol–water partition coefficient (Wildman–Crippen LogP) is 6.01. The molecule has 0 saturated heterocycles. The third kappa shape index (κ3) is 4.28. The van der Waals surface area contributed by atoms with Gasteiger partial charge in [-0.25, -0.2) is 0 Å². The van der Waals surface area contributed by atoms with Gasteiger partial charge < -0.3 is 10.1 Å². The third-order valence-corrected chi connectivity index (χ3v) is 7.28. The van der Waals surface area contributed by atoms with Gasteiger partial charge in [-0.3, -0.25) is 4.79 Å². The Morgan fingerprint density at radius 1 is 1.06 bits per heavy atom. The highest BCUT2D eigenvalue weighted by atomic mass is 35.5. The SMILES string of the molecule is CCc1nnc2sc(-c3ccc(NC(=O)COc4c(Cl)c(C)c(Cl)c(C)c4Cl)cc3)nn12. The van der Waals surface area contributed by atoms with Crippen molar-refractivity contribution in [2.75, 3.05) is 11.9 Å². The maximum Gasteiger partial charge on any atom is 0.262 e. The number of carbonyl (C=O) groups is 1. The van der Waals surface area contributed by atoms with Crippen molar-refractivity contribution in [1.82, 2.24) is 19.8 Å². The smallest absolute Gasteiger partial charge is 0.262 e. The molecule has 4 aromatic rings. The van der Waals surface area contributed by atoms with Crippen LogP contribution >= 0.6 is 46.1 Å². The molecule has 32 heavy (non-hydrogen) atoms. The summed E-state index contributed by atoms with van der Waals surface area (Å²) in [6.07, 6.45) is 0.753. The molecule has 0 aliphatic carbocycles. The number of aryl methyl sites for hydroxylation is 1. The Kier molecular flexibility index (Phi) is 6.57. The average Bonchev–Trinajstić information content (AvgIpc) is 3.37. The second kappa shape index (κ2) is 9.23. The second-order valence-electron chi connectivity index (χ2n) is 7.01. The summed E-state index contributed by atoms with van der Waals surface area (Å²) >= 11 is 20.2. The van der Waals surface area contributed by atoms with E-state index in [9.17, 15) is 4.79 Å². The first-order chi connectivity index (χ1) is 15.3. The largest absolute Gasteiger partial charge is 0.481 e. The molecule has 1 N–H and O–H groups in total. The lowest BCUT2D eigenvalue weighted by Gasteiger charge is -2.15. The van der Waals surface area contributed by atoms with Gasteiger partial charge in [0.05, 0.1) is 10.0 Å². The minimum absolute atomic E-state index is 0.243. The molecule has 1 amide bonds. The number of hydrogen-bond donors (Lipinski definition) is 1. The van der Waals surface area contributed by atoms with Crippen LogP contribution in [0.25, 0.3) is 15.5 Å². The summed E-state index contributed by atoms with van der Waals surface area (Å²) in [6, 6.07) is 7.36. The van der Waals surface area contributed by atoms with Crippen molar-refractivity contribution in [2.24, 2.45) is 0 Å². The fraction of sp³-hybridized carbons (Fsp3) is 0.238. The van der Waals surface area contributed by atoms with Gasteiger partial charge in [0.1, 0.15) is 5.01 Å². The first-order valence-corrected chi connectivity index (χ1v) is 11.6. The monoisotopic (exact) mass is 509 g/mol. The van der Waals surface area contributed by atoms with E-state index in [1.54, 1.807) is 30.5 Å². The summed E-state index contributed by atoms with van der Waals surface area (Å²) in [4.78, 5) is 13.1. The number of amides is 1. The number of ether oxygens (including phenoxy) is 1. The molecule has 0 unspecified atom stereocenters. The zero-order chi connectivity index (χ0) is 23.0. The molecule has 2 heterocycles. The highest BCUT2D eigenvalue weighted by Gasteiger charge is 2.19. The van der Waals surface area contributed by atoms with Crippen LogP contribution < -0.4 is 10.1 Å². The molecule has 2 aromatic heterocycles. The maximum absolute atomic E-state index is 12.4. The number of anilines is 1. The Bertz CT molecular complexity index is 1290. The lowest BCUT2D eigenvalue weighted by atomic mass is 10.1. The zero-order valence-electron chi connectivity index (χ0n) is 17.4. The number of carbonyl (C=O) groups excluding carboxylic acids is 1. The number of halogens is 3. The molecule has 166 valence electrons. The molecule has 2 aromatic carbocycles. The van der Waals surface area contributed by atoms with Crippen LogP contribution in [0.15, 0.2) is 24.3 Å². The van der Waals surface area contributed by atoms with Gasteiger partial charge in [-0.15, -0.1) is 10.2 Å². The predicted molar refractivity (Wildman–Crippen MR) is 129 cm³/mol. The van der Waals surface area contributed by atoms with Gasteiger partial charge in [0.15, 0.2) is 18.2 Å². The fourth-order valence-electron chi connectivity index (χ4n) is 3.06. The summed E-state index contributed by atoms with van der Waals surface area (Å²) in [5.41, 5.74) is 2.85. The number of fused-ring (bicyclic) bond motifs is 1. The second-order valence-corrected chi connectivity index (χ2v) is 9.10. The van der Waals surface area contributed by atoms with E-state index in [1.807, 2.05) is 19.1 Å². The Hall–Kier alpha value is -2.39. The normalized spacial score (nSPS) is 11.2. The van der Waals surface area contributed by atoms with Crippen molar-refractivity contribution in [3.05, 3.63) is 56.3 Å². The zero-order valence-corrected chi connectivity index (χ0v) is 20.5. The number of nitrogens with zero attached hydrogens (tertiary/aromatic N) is 4. The summed E-state index contributed by atoms with van der Waals surface area (Å²) in [5, 5.41) is 17.5. The topological polar surface area (TPSA) is 81.4 Å². The standard InChI is InChI=1S/C21H18Cl3N5O2S/c1-4-14-26-27-21-29(14)28-20(32-21)12-5-7-13(8-6-12)25-15(30)9-31-19-17(23)10(2)16(22)11(3)18(19)24/h5-8H,4,9H2,1-3H3,(H,25,30). The molecule has 0 saturated carbocycles. The quantitative estimate of drug-likeness (QED) is 0.343. The lowest BCUT2D eigenvalue weighted by molar-refractivity contribution is -0.118. The average molecular weight is 511 g/mol. The Balaban J connectivity index is 1.43. The van der Waals surface area contributed by atoms with Crippen LogP contribution in [0.4, 0.5) is 5.69 Å². The number of benzene rings is 2. The van der Waals surface area contributed by atoms with Crippen LogP contribution in [0, 0.1) is 13.8 Å². The van der Waals surface area contributed by atoms with Gasteiger partial charge in [0.2, 0.25) is 4.96 Å². The molecule has 0 radical (unpaired) electrons. The van der Waals surface area contributed by atoms with Gasteiger partial charge >= 0.3 is 0 Å². The number of hydrogen-bond acceptors (Lipinski definition) is 6. The van der Waals surface area contributed by atoms with E-state index < -0.39 is 0 Å². The first-order valence-electron chi connectivity index (χ1n) is 9.68. The van der Waals surface area contributed by atoms with Gasteiger partial charge in [-0.2, -0.15) is 9.61 Å². The Morgan fingerprint density at radius 3 is 2.34 bits per heavy atom. The van der Waals surface area contributed by atoms with Crippen LogP contribution in [-0.4, -0.2) is 32.3 Å². The van der Waals surface area contributed by atoms with E-state index in [0.29, 0.717) is 31.9 Å². The molecule has 0 bridgehead atoms. The molecular weight excluding hydrogens is 493 g/mol. The number of nitrogens with one attached hydrogen (secondary N) is 1. The minimum Gasteiger partial charge on any atom is -0.481 e. The van der Waals surface area contributed by atoms with Crippen molar-refractivity contribution < 1.29 is 9.53 Å². The van der Waals surface area contributed by atoms with Crippen LogP contribution in [-0.2, 0) is 11.2 Å². The molecule has 0 aliphatic rings. The number of rotatable bonds is 6. The van der Waals surface area contributed by atoms with Crippen molar-refractivity contribution in [2.45, 2.75) is 27.2 Å². The Labute approximate surface area is 203 Å². The molecule has 0 spiro atoms. The molecule has 7 nitrogen and oxygen atoms in total. The van der Waals surface area contributed by atoms with Gasteiger partial charge in [0, 0.05) is 22.7 Å². The molecule has 4 rings (SSSR count). The highest BCUT2D eigenvalue weighted by molar-refractivity contribution is 7.19. The van der Waals surface area contributed by atoms with Crippen molar-refractivity contribution >= 4 is 62.7 Å². The molecule has 0 aliphatic heterocycles. The van der Waals surface area contributed by atoms with E-state index in [1.165, 1.54) is 11.3 Å². The molecule has 11 heteroatoms.